The lowest BCUT2D eigenvalue weighted by Gasteiger charge is -2.32. The molecule has 0 saturated carbocycles. The number of pyridine rings is 1. The minimum absolute atomic E-state index is 0.0369. The molecule has 0 aliphatic carbocycles. The molecule has 2 aliphatic heterocycles. The van der Waals surface area contributed by atoms with E-state index in [1.807, 2.05) is 36.9 Å². The number of fused-ring (bicyclic) bond motifs is 2. The number of amides is 1. The highest BCUT2D eigenvalue weighted by Crippen LogP contribution is 2.40. The van der Waals surface area contributed by atoms with Gasteiger partial charge >= 0.3 is 0 Å². The Kier molecular flexibility index (Phi) is 5.17. The molecule has 6 rings (SSSR count). The second-order valence-electron chi connectivity index (χ2n) is 9.48. The number of carbonyl (C=O) groups excluding carboxylic acids is 1. The Labute approximate surface area is 202 Å². The summed E-state index contributed by atoms with van der Waals surface area (Å²) in [5, 5.41) is 5.99. The molecule has 1 fully saturated rings. The largest absolute Gasteiger partial charge is 0.381 e. The number of aryl methyl sites for hydroxylation is 1. The molecule has 1 saturated heterocycles. The van der Waals surface area contributed by atoms with E-state index in [0.29, 0.717) is 36.4 Å². The molecule has 1 aromatic carbocycles. The number of likely N-dealkylation sites (N-methyl/N-ethyl adjacent to an activating group) is 1. The van der Waals surface area contributed by atoms with E-state index >= 15 is 4.39 Å². The van der Waals surface area contributed by atoms with Crippen LogP contribution in [0.4, 0.5) is 4.39 Å². The maximum Gasteiger partial charge on any atom is 0.245 e. The number of ether oxygens (including phenoxy) is 1. The second kappa shape index (κ2) is 8.27. The smallest absolute Gasteiger partial charge is 0.245 e. The molecule has 9 heteroatoms. The van der Waals surface area contributed by atoms with Crippen LogP contribution in [0.15, 0.2) is 36.7 Å². The molecule has 180 valence electrons. The first kappa shape index (κ1) is 21.9. The Balaban J connectivity index is 1.56. The third-order valence-corrected chi connectivity index (χ3v) is 7.20. The summed E-state index contributed by atoms with van der Waals surface area (Å²) in [7, 11) is 3.64. The van der Waals surface area contributed by atoms with Gasteiger partial charge in [0.2, 0.25) is 5.91 Å². The molecule has 1 atom stereocenters. The molecule has 3 aromatic heterocycles. The van der Waals surface area contributed by atoms with Crippen molar-refractivity contribution in [3.05, 3.63) is 54.0 Å². The van der Waals surface area contributed by atoms with Gasteiger partial charge in [-0.2, -0.15) is 5.10 Å². The quantitative estimate of drug-likeness (QED) is 0.447. The summed E-state index contributed by atoms with van der Waals surface area (Å²) in [5.74, 6) is 0.704. The maximum atomic E-state index is 15.5. The third kappa shape index (κ3) is 3.53. The Morgan fingerprint density at radius 1 is 1.11 bits per heavy atom. The van der Waals surface area contributed by atoms with Crippen LogP contribution in [0.25, 0.3) is 33.4 Å². The van der Waals surface area contributed by atoms with Gasteiger partial charge in [-0.1, -0.05) is 6.07 Å². The van der Waals surface area contributed by atoms with Crippen LogP contribution in [0, 0.1) is 5.82 Å². The molecule has 35 heavy (non-hydrogen) atoms. The molecule has 4 aromatic rings. The fourth-order valence-corrected chi connectivity index (χ4v) is 5.37. The molecule has 0 radical (unpaired) electrons. The van der Waals surface area contributed by atoms with Crippen molar-refractivity contribution in [3.8, 4) is 22.6 Å². The summed E-state index contributed by atoms with van der Waals surface area (Å²) in [6.07, 6.45) is 5.24. The van der Waals surface area contributed by atoms with Crippen LogP contribution in [0.2, 0.25) is 0 Å². The van der Waals surface area contributed by atoms with Crippen molar-refractivity contribution in [2.45, 2.75) is 38.3 Å². The zero-order chi connectivity index (χ0) is 24.3. The normalized spacial score (nSPS) is 18.9. The van der Waals surface area contributed by atoms with Gasteiger partial charge in [-0.25, -0.2) is 9.37 Å². The highest BCUT2D eigenvalue weighted by Gasteiger charge is 2.36. The van der Waals surface area contributed by atoms with E-state index in [-0.39, 0.29) is 17.6 Å². The number of hydrogen-bond donors (Lipinski definition) is 0. The number of rotatable bonds is 3. The van der Waals surface area contributed by atoms with E-state index in [4.69, 9.17) is 9.72 Å². The number of imidazole rings is 1. The average molecular weight is 475 g/mol. The SMILES string of the molecule is C[C@@H]1C(=O)N(C)Cc2c(-c3c(F)ccc4cc(-c5ccn(C)n5)ncc34)nc(C3CCOCC3)n21. The maximum absolute atomic E-state index is 15.5. The van der Waals surface area contributed by atoms with Gasteiger partial charge in [-0.05, 0) is 43.4 Å². The summed E-state index contributed by atoms with van der Waals surface area (Å²) in [5.41, 5.74) is 3.37. The topological polar surface area (TPSA) is 78.1 Å². The Morgan fingerprint density at radius 3 is 2.66 bits per heavy atom. The molecule has 0 unspecified atom stereocenters. The number of nitrogens with zero attached hydrogens (tertiary/aromatic N) is 6. The Bertz CT molecular complexity index is 1450. The highest BCUT2D eigenvalue weighted by atomic mass is 19.1. The molecule has 8 nitrogen and oxygen atoms in total. The van der Waals surface area contributed by atoms with Crippen LogP contribution in [-0.4, -0.2) is 55.4 Å². The summed E-state index contributed by atoms with van der Waals surface area (Å²) in [4.78, 5) is 24.2. The average Bonchev–Trinajstić information content (AvgIpc) is 3.47. The first-order valence-electron chi connectivity index (χ1n) is 11.9. The number of aromatic nitrogens is 5. The number of hydrogen-bond acceptors (Lipinski definition) is 5. The lowest BCUT2D eigenvalue weighted by atomic mass is 9.98. The van der Waals surface area contributed by atoms with E-state index in [1.54, 1.807) is 28.9 Å². The van der Waals surface area contributed by atoms with Crippen LogP contribution < -0.4 is 0 Å². The first-order valence-corrected chi connectivity index (χ1v) is 11.9. The van der Waals surface area contributed by atoms with Crippen molar-refractivity contribution >= 4 is 16.7 Å². The minimum atomic E-state index is -0.394. The highest BCUT2D eigenvalue weighted by molar-refractivity contribution is 5.98. The molecular formula is C26H27FN6O2. The van der Waals surface area contributed by atoms with Gasteiger partial charge in [0.1, 0.15) is 23.4 Å². The molecule has 5 heterocycles. The first-order chi connectivity index (χ1) is 16.9. The zero-order valence-electron chi connectivity index (χ0n) is 20.0. The summed E-state index contributed by atoms with van der Waals surface area (Å²) >= 11 is 0. The van der Waals surface area contributed by atoms with Crippen LogP contribution >= 0.6 is 0 Å². The standard InChI is InChI=1S/C26H27FN6O2/c1-15-26(34)31(2)14-22-24(29-25(33(15)22)16-7-10-35-11-8-16)23-18-13-28-21(20-6-9-32(3)30-20)12-17(18)4-5-19(23)27/h4-6,9,12-13,15-16H,7-8,10-11,14H2,1-3H3/t15-/m1/s1. The summed E-state index contributed by atoms with van der Waals surface area (Å²) in [6, 6.07) is 6.69. The number of carbonyl (C=O) groups is 1. The summed E-state index contributed by atoms with van der Waals surface area (Å²) in [6.45, 7) is 3.60. The van der Waals surface area contributed by atoms with Crippen molar-refractivity contribution in [2.24, 2.45) is 7.05 Å². The molecule has 0 N–H and O–H groups in total. The number of halogens is 1. The lowest BCUT2D eigenvalue weighted by molar-refractivity contribution is -0.135. The van der Waals surface area contributed by atoms with E-state index in [9.17, 15) is 4.79 Å². The van der Waals surface area contributed by atoms with Crippen LogP contribution in [0.3, 0.4) is 0 Å². The van der Waals surface area contributed by atoms with Gasteiger partial charge in [0, 0.05) is 56.6 Å². The monoisotopic (exact) mass is 474 g/mol. The molecule has 0 spiro atoms. The van der Waals surface area contributed by atoms with E-state index in [2.05, 4.69) is 10.1 Å². The van der Waals surface area contributed by atoms with E-state index in [1.165, 1.54) is 6.07 Å². The van der Waals surface area contributed by atoms with Gasteiger partial charge < -0.3 is 14.2 Å². The van der Waals surface area contributed by atoms with Crippen molar-refractivity contribution in [1.29, 1.82) is 0 Å². The Hall–Kier alpha value is -3.59. The molecule has 0 bridgehead atoms. The molecule has 2 aliphatic rings. The van der Waals surface area contributed by atoms with Gasteiger partial charge in [-0.3, -0.25) is 14.5 Å². The third-order valence-electron chi connectivity index (χ3n) is 7.20. The van der Waals surface area contributed by atoms with Gasteiger partial charge in [0.25, 0.3) is 0 Å². The van der Waals surface area contributed by atoms with Crippen LogP contribution in [-0.2, 0) is 23.1 Å². The van der Waals surface area contributed by atoms with Crippen molar-refractivity contribution in [1.82, 2.24) is 29.2 Å². The molecule has 1 amide bonds. The number of benzene rings is 1. The van der Waals surface area contributed by atoms with Crippen molar-refractivity contribution < 1.29 is 13.9 Å². The van der Waals surface area contributed by atoms with E-state index in [0.717, 1.165) is 41.1 Å². The lowest BCUT2D eigenvalue weighted by Crippen LogP contribution is -2.40. The second-order valence-corrected chi connectivity index (χ2v) is 9.48. The van der Waals surface area contributed by atoms with Crippen molar-refractivity contribution in [2.75, 3.05) is 20.3 Å². The fraction of sp³-hybridized carbons (Fsp3) is 0.385. The van der Waals surface area contributed by atoms with Crippen LogP contribution in [0.1, 0.15) is 43.2 Å². The molecular weight excluding hydrogens is 447 g/mol. The van der Waals surface area contributed by atoms with Crippen molar-refractivity contribution in [3.63, 3.8) is 0 Å². The predicted octanol–water partition coefficient (Wildman–Crippen LogP) is 4.06. The van der Waals surface area contributed by atoms with Crippen LogP contribution in [0.5, 0.6) is 0 Å². The van der Waals surface area contributed by atoms with Gasteiger partial charge in [0.15, 0.2) is 0 Å². The summed E-state index contributed by atoms with van der Waals surface area (Å²) < 4.78 is 24.9. The Morgan fingerprint density at radius 2 is 1.91 bits per heavy atom. The van der Waals surface area contributed by atoms with E-state index < -0.39 is 6.04 Å². The van der Waals surface area contributed by atoms with Gasteiger partial charge in [0.05, 0.1) is 23.6 Å². The fourth-order valence-electron chi connectivity index (χ4n) is 5.37. The van der Waals surface area contributed by atoms with Gasteiger partial charge in [-0.15, -0.1) is 0 Å². The minimum Gasteiger partial charge on any atom is -0.381 e. The zero-order valence-corrected chi connectivity index (χ0v) is 20.0. The predicted molar refractivity (Wildman–Crippen MR) is 129 cm³/mol.